The van der Waals surface area contributed by atoms with Crippen molar-refractivity contribution in [1.82, 2.24) is 0 Å². The monoisotopic (exact) mass is 266 g/mol. The molecular weight excluding hydrogens is 265 g/mol. The smallest absolute Gasteiger partial charge is 0.330 e. The SMILES string of the molecule is FC(F)(F)C(Cl)(OCCl)C(F)(F)Cl. The molecule has 0 heterocycles. The molecule has 13 heavy (non-hydrogen) atoms. The summed E-state index contributed by atoms with van der Waals surface area (Å²) in [5.41, 5.74) is 0. The van der Waals surface area contributed by atoms with Gasteiger partial charge in [-0.3, -0.25) is 0 Å². The second-order valence-electron chi connectivity index (χ2n) is 1.84. The van der Waals surface area contributed by atoms with E-state index in [1.165, 1.54) is 0 Å². The predicted octanol–water partition coefficient (Wildman–Crippen LogP) is 3.53. The summed E-state index contributed by atoms with van der Waals surface area (Å²) in [4.78, 5) is 0. The zero-order chi connectivity index (χ0) is 10.9. The van der Waals surface area contributed by atoms with Gasteiger partial charge in [0.05, 0.1) is 0 Å². The normalized spacial score (nSPS) is 18.5. The van der Waals surface area contributed by atoms with E-state index in [9.17, 15) is 22.0 Å². The Morgan fingerprint density at radius 3 is 1.46 bits per heavy atom. The van der Waals surface area contributed by atoms with Crippen molar-refractivity contribution in [2.75, 3.05) is 6.07 Å². The largest absolute Gasteiger partial charge is 0.439 e. The van der Waals surface area contributed by atoms with Crippen molar-refractivity contribution in [2.24, 2.45) is 0 Å². The molecule has 0 aromatic carbocycles. The van der Waals surface area contributed by atoms with Crippen molar-refractivity contribution in [3.05, 3.63) is 0 Å². The molecule has 0 aromatic rings. The van der Waals surface area contributed by atoms with Crippen LogP contribution in [0.1, 0.15) is 0 Å². The Bertz CT molecular complexity index is 162. The number of hydrogen-bond acceptors (Lipinski definition) is 1. The molecule has 1 atom stereocenters. The van der Waals surface area contributed by atoms with Crippen LogP contribution in [0.15, 0.2) is 0 Å². The van der Waals surface area contributed by atoms with Gasteiger partial charge in [0.25, 0.3) is 0 Å². The molecular formula is C4H2Cl3F5O. The van der Waals surface area contributed by atoms with Gasteiger partial charge >= 0.3 is 16.6 Å². The Kier molecular flexibility index (Phi) is 4.07. The molecule has 0 bridgehead atoms. The Morgan fingerprint density at radius 2 is 1.38 bits per heavy atom. The highest BCUT2D eigenvalue weighted by Gasteiger charge is 2.70. The minimum absolute atomic E-state index is 1.16. The molecule has 0 saturated carbocycles. The Labute approximate surface area is 84.7 Å². The first-order valence-electron chi connectivity index (χ1n) is 2.58. The van der Waals surface area contributed by atoms with E-state index >= 15 is 0 Å². The lowest BCUT2D eigenvalue weighted by Gasteiger charge is -2.31. The Balaban J connectivity index is 4.96. The van der Waals surface area contributed by atoms with Crippen molar-refractivity contribution in [3.8, 4) is 0 Å². The number of rotatable bonds is 3. The maximum Gasteiger partial charge on any atom is 0.439 e. The summed E-state index contributed by atoms with van der Waals surface area (Å²) in [7, 11) is 0. The molecule has 0 amide bonds. The van der Waals surface area contributed by atoms with Crippen LogP contribution >= 0.6 is 34.8 Å². The Morgan fingerprint density at radius 1 is 1.00 bits per heavy atom. The maximum atomic E-state index is 12.2. The second kappa shape index (κ2) is 3.92. The average Bonchev–Trinajstić information content (AvgIpc) is 1.82. The molecule has 0 aliphatic heterocycles. The van der Waals surface area contributed by atoms with E-state index in [0.29, 0.717) is 0 Å². The molecule has 0 spiro atoms. The number of halogens is 8. The molecule has 0 aliphatic rings. The topological polar surface area (TPSA) is 9.23 Å². The summed E-state index contributed by atoms with van der Waals surface area (Å²) in [6.45, 7) is 0. The molecule has 0 aliphatic carbocycles. The van der Waals surface area contributed by atoms with E-state index in [4.69, 9.17) is 11.6 Å². The fraction of sp³-hybridized carbons (Fsp3) is 1.00. The quantitative estimate of drug-likeness (QED) is 0.561. The van der Waals surface area contributed by atoms with Crippen molar-refractivity contribution in [1.29, 1.82) is 0 Å². The van der Waals surface area contributed by atoms with E-state index in [1.807, 2.05) is 0 Å². The first-order chi connectivity index (χ1) is 5.56. The minimum atomic E-state index is -5.53. The summed E-state index contributed by atoms with van der Waals surface area (Å²) in [5.74, 6) is 0. The lowest BCUT2D eigenvalue weighted by molar-refractivity contribution is -0.282. The van der Waals surface area contributed by atoms with Crippen LogP contribution in [0.4, 0.5) is 22.0 Å². The molecule has 0 aromatic heterocycles. The lowest BCUT2D eigenvalue weighted by atomic mass is 10.3. The molecule has 0 radical (unpaired) electrons. The van der Waals surface area contributed by atoms with Crippen LogP contribution in [-0.2, 0) is 4.74 Å². The fourth-order valence-electron chi connectivity index (χ4n) is 0.400. The van der Waals surface area contributed by atoms with Gasteiger partial charge in [-0.1, -0.05) is 23.2 Å². The van der Waals surface area contributed by atoms with Crippen LogP contribution in [0.3, 0.4) is 0 Å². The van der Waals surface area contributed by atoms with Gasteiger partial charge in [-0.05, 0) is 11.6 Å². The van der Waals surface area contributed by atoms with Crippen molar-refractivity contribution >= 4 is 34.8 Å². The minimum Gasteiger partial charge on any atom is -0.330 e. The molecule has 1 nitrogen and oxygen atoms in total. The average molecular weight is 267 g/mol. The van der Waals surface area contributed by atoms with E-state index in [-0.39, 0.29) is 0 Å². The number of hydrogen-bond donors (Lipinski definition) is 0. The fourth-order valence-corrected chi connectivity index (χ4v) is 0.835. The van der Waals surface area contributed by atoms with Gasteiger partial charge in [0, 0.05) is 0 Å². The zero-order valence-electron chi connectivity index (χ0n) is 5.64. The molecule has 0 fully saturated rings. The van der Waals surface area contributed by atoms with Gasteiger partial charge in [0.15, 0.2) is 0 Å². The van der Waals surface area contributed by atoms with Crippen LogP contribution in [0.2, 0.25) is 0 Å². The summed E-state index contributed by atoms with van der Waals surface area (Å²) in [6, 6.07) is -1.16. The predicted molar refractivity (Wildman–Crippen MR) is 37.2 cm³/mol. The number of alkyl halides is 8. The third kappa shape index (κ3) is 2.71. The molecule has 0 N–H and O–H groups in total. The van der Waals surface area contributed by atoms with E-state index in [0.717, 1.165) is 0 Å². The second-order valence-corrected chi connectivity index (χ2v) is 3.07. The van der Waals surface area contributed by atoms with Crippen LogP contribution in [-0.4, -0.2) is 22.7 Å². The van der Waals surface area contributed by atoms with Gasteiger partial charge < -0.3 is 4.74 Å². The highest BCUT2D eigenvalue weighted by molar-refractivity contribution is 6.33. The summed E-state index contributed by atoms with van der Waals surface area (Å²) >= 11 is 13.3. The molecule has 1 unspecified atom stereocenters. The summed E-state index contributed by atoms with van der Waals surface area (Å²) in [5, 5.41) is -9.11. The van der Waals surface area contributed by atoms with Gasteiger partial charge in [0.2, 0.25) is 0 Å². The lowest BCUT2D eigenvalue weighted by Crippen LogP contribution is -2.53. The van der Waals surface area contributed by atoms with Crippen molar-refractivity contribution < 1.29 is 26.7 Å². The van der Waals surface area contributed by atoms with Gasteiger partial charge in [-0.2, -0.15) is 22.0 Å². The van der Waals surface area contributed by atoms with Crippen molar-refractivity contribution in [3.63, 3.8) is 0 Å². The maximum absolute atomic E-state index is 12.2. The van der Waals surface area contributed by atoms with Crippen LogP contribution in [0.5, 0.6) is 0 Å². The van der Waals surface area contributed by atoms with Crippen LogP contribution in [0.25, 0.3) is 0 Å². The third-order valence-electron chi connectivity index (χ3n) is 0.983. The van der Waals surface area contributed by atoms with E-state index < -0.39 is 22.7 Å². The molecule has 9 heteroatoms. The molecule has 80 valence electrons. The van der Waals surface area contributed by atoms with Gasteiger partial charge in [0.1, 0.15) is 6.07 Å². The first-order valence-corrected chi connectivity index (χ1v) is 3.87. The standard InChI is InChI=1S/C4H2Cl3F5O/c5-1-13-2(6,3(7,8)9)4(10,11)12/h1H2. The van der Waals surface area contributed by atoms with Gasteiger partial charge in [-0.15, -0.1) is 0 Å². The number of ether oxygens (including phenoxy) is 1. The van der Waals surface area contributed by atoms with E-state index in [1.54, 1.807) is 0 Å². The van der Waals surface area contributed by atoms with Gasteiger partial charge in [-0.25, -0.2) is 0 Å². The summed E-state index contributed by atoms with van der Waals surface area (Å²) in [6.07, 6.45) is -5.53. The zero-order valence-corrected chi connectivity index (χ0v) is 7.91. The van der Waals surface area contributed by atoms with E-state index in [2.05, 4.69) is 27.9 Å². The summed E-state index contributed by atoms with van der Waals surface area (Å²) < 4.78 is 63.6. The van der Waals surface area contributed by atoms with Crippen LogP contribution in [0, 0.1) is 0 Å². The highest BCUT2D eigenvalue weighted by atomic mass is 35.5. The van der Waals surface area contributed by atoms with Crippen molar-refractivity contribution in [2.45, 2.75) is 16.6 Å². The Hall–Kier alpha value is 0.480. The first kappa shape index (κ1) is 13.5. The third-order valence-corrected chi connectivity index (χ3v) is 2.02. The molecule has 0 rings (SSSR count). The van der Waals surface area contributed by atoms with Crippen LogP contribution < -0.4 is 0 Å². The highest BCUT2D eigenvalue weighted by Crippen LogP contribution is 2.50. The molecule has 0 saturated heterocycles.